The number of hydrogen-bond donors (Lipinski definition) is 1. The molecule has 3 aromatic rings. The van der Waals surface area contributed by atoms with Crippen LogP contribution in [-0.2, 0) is 6.42 Å². The molecule has 0 atom stereocenters. The van der Waals surface area contributed by atoms with Crippen molar-refractivity contribution in [3.63, 3.8) is 0 Å². The van der Waals surface area contributed by atoms with Crippen molar-refractivity contribution in [2.24, 2.45) is 5.73 Å². The summed E-state index contributed by atoms with van der Waals surface area (Å²) in [6, 6.07) is 16.1. The number of hydrogen-bond acceptors (Lipinski definition) is 3. The lowest BCUT2D eigenvalue weighted by Crippen LogP contribution is -2.00. The lowest BCUT2D eigenvalue weighted by Gasteiger charge is -2.00. The van der Waals surface area contributed by atoms with Gasteiger partial charge in [-0.25, -0.2) is 4.98 Å². The third kappa shape index (κ3) is 3.00. The summed E-state index contributed by atoms with van der Waals surface area (Å²) in [5.41, 5.74) is 9.54. The van der Waals surface area contributed by atoms with Gasteiger partial charge < -0.3 is 10.2 Å². The predicted molar refractivity (Wildman–Crippen MR) is 84.1 cm³/mol. The second-order valence-electron chi connectivity index (χ2n) is 4.58. The Balaban J connectivity index is 0.00000147. The molecule has 0 spiro atoms. The van der Waals surface area contributed by atoms with Crippen molar-refractivity contribution in [1.29, 1.82) is 0 Å². The van der Waals surface area contributed by atoms with Gasteiger partial charge in [-0.2, -0.15) is 0 Å². The highest BCUT2D eigenvalue weighted by molar-refractivity contribution is 5.85. The molecule has 1 heterocycles. The first kappa shape index (κ1) is 14.6. The van der Waals surface area contributed by atoms with Gasteiger partial charge in [-0.15, -0.1) is 12.4 Å². The van der Waals surface area contributed by atoms with Gasteiger partial charge in [0.15, 0.2) is 5.58 Å². The minimum atomic E-state index is 0. The minimum Gasteiger partial charge on any atom is -0.436 e. The Bertz CT molecular complexity index is 643. The van der Waals surface area contributed by atoms with Crippen LogP contribution >= 0.6 is 12.4 Å². The summed E-state index contributed by atoms with van der Waals surface area (Å²) in [5.74, 6) is 0.673. The summed E-state index contributed by atoms with van der Waals surface area (Å²) in [5, 5.41) is 0. The number of para-hydroxylation sites is 2. The van der Waals surface area contributed by atoms with Gasteiger partial charge in [0.25, 0.3) is 0 Å². The highest BCUT2D eigenvalue weighted by Crippen LogP contribution is 2.24. The fourth-order valence-electron chi connectivity index (χ4n) is 2.12. The van der Waals surface area contributed by atoms with Crippen molar-refractivity contribution in [3.05, 3.63) is 54.1 Å². The maximum Gasteiger partial charge on any atom is 0.227 e. The molecule has 20 heavy (non-hydrogen) atoms. The summed E-state index contributed by atoms with van der Waals surface area (Å²) in [7, 11) is 0. The molecule has 0 aliphatic heterocycles. The lowest BCUT2D eigenvalue weighted by atomic mass is 10.1. The zero-order chi connectivity index (χ0) is 13.1. The zero-order valence-electron chi connectivity index (χ0n) is 11.1. The van der Waals surface area contributed by atoms with Crippen molar-refractivity contribution >= 4 is 23.5 Å². The van der Waals surface area contributed by atoms with E-state index in [1.165, 1.54) is 5.56 Å². The van der Waals surface area contributed by atoms with Gasteiger partial charge in [0.1, 0.15) is 5.52 Å². The number of rotatable bonds is 4. The maximum absolute atomic E-state index is 5.74. The second kappa shape index (κ2) is 6.55. The summed E-state index contributed by atoms with van der Waals surface area (Å²) >= 11 is 0. The molecule has 0 aliphatic rings. The monoisotopic (exact) mass is 288 g/mol. The van der Waals surface area contributed by atoms with E-state index in [0.29, 0.717) is 5.89 Å². The molecule has 0 radical (unpaired) electrons. The number of aromatic nitrogens is 1. The average molecular weight is 289 g/mol. The Morgan fingerprint density at radius 3 is 2.45 bits per heavy atom. The van der Waals surface area contributed by atoms with Crippen molar-refractivity contribution in [2.75, 3.05) is 6.54 Å². The minimum absolute atomic E-state index is 0. The van der Waals surface area contributed by atoms with Crippen LogP contribution in [0.3, 0.4) is 0 Å². The maximum atomic E-state index is 5.74. The molecule has 2 aromatic carbocycles. The molecule has 3 nitrogen and oxygen atoms in total. The van der Waals surface area contributed by atoms with Gasteiger partial charge in [0.2, 0.25) is 5.89 Å². The molecule has 0 aliphatic carbocycles. The molecule has 0 fully saturated rings. The van der Waals surface area contributed by atoms with Gasteiger partial charge >= 0.3 is 0 Å². The van der Waals surface area contributed by atoms with E-state index in [4.69, 9.17) is 10.2 Å². The first-order valence-corrected chi connectivity index (χ1v) is 6.52. The molecule has 4 heteroatoms. The highest BCUT2D eigenvalue weighted by Gasteiger charge is 2.07. The number of fused-ring (bicyclic) bond motifs is 1. The highest BCUT2D eigenvalue weighted by atomic mass is 35.5. The van der Waals surface area contributed by atoms with E-state index in [0.717, 1.165) is 36.0 Å². The molecular formula is C16H17ClN2O. The Hall–Kier alpha value is -1.84. The Morgan fingerprint density at radius 2 is 1.75 bits per heavy atom. The van der Waals surface area contributed by atoms with E-state index >= 15 is 0 Å². The fraction of sp³-hybridized carbons (Fsp3) is 0.188. The number of oxazole rings is 1. The van der Waals surface area contributed by atoms with Crippen molar-refractivity contribution in [1.82, 2.24) is 4.98 Å². The molecule has 1 aromatic heterocycles. The topological polar surface area (TPSA) is 52.0 Å². The van der Waals surface area contributed by atoms with E-state index in [1.54, 1.807) is 0 Å². The molecule has 3 rings (SSSR count). The van der Waals surface area contributed by atoms with Gasteiger partial charge in [-0.05, 0) is 49.2 Å². The molecule has 104 valence electrons. The fourth-order valence-corrected chi connectivity index (χ4v) is 2.12. The van der Waals surface area contributed by atoms with Crippen LogP contribution in [0.5, 0.6) is 0 Å². The standard InChI is InChI=1S/C16H16N2O.ClH/c17-11-3-4-12-7-9-13(10-8-12)16-18-14-5-1-2-6-15(14)19-16;/h1-2,5-10H,3-4,11,17H2;1H. The number of aryl methyl sites for hydroxylation is 1. The molecule has 0 bridgehead atoms. The third-order valence-corrected chi connectivity index (χ3v) is 3.16. The molecule has 0 saturated carbocycles. The van der Waals surface area contributed by atoms with Gasteiger partial charge in [0.05, 0.1) is 0 Å². The van der Waals surface area contributed by atoms with Crippen molar-refractivity contribution in [3.8, 4) is 11.5 Å². The Morgan fingerprint density at radius 1 is 1.00 bits per heavy atom. The van der Waals surface area contributed by atoms with E-state index in [1.807, 2.05) is 24.3 Å². The average Bonchev–Trinajstić information content (AvgIpc) is 2.89. The molecule has 0 amide bonds. The summed E-state index contributed by atoms with van der Waals surface area (Å²) < 4.78 is 5.74. The van der Waals surface area contributed by atoms with Crippen LogP contribution in [0.15, 0.2) is 52.9 Å². The molecule has 0 saturated heterocycles. The van der Waals surface area contributed by atoms with Crippen molar-refractivity contribution < 1.29 is 4.42 Å². The SMILES string of the molecule is Cl.NCCCc1ccc(-c2nc3ccccc3o2)cc1. The van der Waals surface area contributed by atoms with E-state index in [9.17, 15) is 0 Å². The van der Waals surface area contributed by atoms with Crippen LogP contribution in [-0.4, -0.2) is 11.5 Å². The largest absolute Gasteiger partial charge is 0.436 e. The smallest absolute Gasteiger partial charge is 0.227 e. The van der Waals surface area contributed by atoms with Gasteiger partial charge in [0, 0.05) is 5.56 Å². The van der Waals surface area contributed by atoms with Gasteiger partial charge in [-0.1, -0.05) is 24.3 Å². The zero-order valence-corrected chi connectivity index (χ0v) is 11.9. The van der Waals surface area contributed by atoms with Crippen LogP contribution in [0.25, 0.3) is 22.6 Å². The second-order valence-corrected chi connectivity index (χ2v) is 4.58. The summed E-state index contributed by atoms with van der Waals surface area (Å²) in [4.78, 5) is 4.49. The molecule has 2 N–H and O–H groups in total. The molecule has 0 unspecified atom stereocenters. The van der Waals surface area contributed by atoms with Gasteiger partial charge in [-0.3, -0.25) is 0 Å². The summed E-state index contributed by atoms with van der Waals surface area (Å²) in [6.45, 7) is 0.729. The van der Waals surface area contributed by atoms with Crippen LogP contribution < -0.4 is 5.73 Å². The number of nitrogens with two attached hydrogens (primary N) is 1. The third-order valence-electron chi connectivity index (χ3n) is 3.16. The van der Waals surface area contributed by atoms with Crippen LogP contribution in [0.1, 0.15) is 12.0 Å². The van der Waals surface area contributed by atoms with Crippen LogP contribution in [0.4, 0.5) is 0 Å². The normalized spacial score (nSPS) is 10.4. The van der Waals surface area contributed by atoms with E-state index in [2.05, 4.69) is 29.2 Å². The Labute approximate surface area is 124 Å². The van der Waals surface area contributed by atoms with Crippen LogP contribution in [0.2, 0.25) is 0 Å². The number of halogens is 1. The van der Waals surface area contributed by atoms with E-state index in [-0.39, 0.29) is 12.4 Å². The number of nitrogens with zero attached hydrogens (tertiary/aromatic N) is 1. The lowest BCUT2D eigenvalue weighted by molar-refractivity contribution is 0.620. The van der Waals surface area contributed by atoms with Crippen LogP contribution in [0, 0.1) is 0 Å². The number of benzene rings is 2. The van der Waals surface area contributed by atoms with E-state index < -0.39 is 0 Å². The molecular weight excluding hydrogens is 272 g/mol. The first-order valence-electron chi connectivity index (χ1n) is 6.52. The quantitative estimate of drug-likeness (QED) is 0.794. The first-order chi connectivity index (χ1) is 9.36. The summed E-state index contributed by atoms with van der Waals surface area (Å²) in [6.07, 6.45) is 2.03. The Kier molecular flexibility index (Phi) is 4.77. The van der Waals surface area contributed by atoms with Crippen molar-refractivity contribution in [2.45, 2.75) is 12.8 Å². The predicted octanol–water partition coefficient (Wildman–Crippen LogP) is 3.81.